The number of benzene rings is 2. The maximum absolute atomic E-state index is 13.9. The van der Waals surface area contributed by atoms with Crippen LogP contribution in [0.4, 0.5) is 17.6 Å². The minimum Gasteiger partial charge on any atom is -0.245 e. The number of nitrogens with zero attached hydrogens (tertiary/aromatic N) is 3. The van der Waals surface area contributed by atoms with E-state index in [4.69, 9.17) is 5.26 Å². The van der Waals surface area contributed by atoms with Gasteiger partial charge in [-0.3, -0.25) is 0 Å². The van der Waals surface area contributed by atoms with Crippen molar-refractivity contribution >= 4 is 9.84 Å². The Hall–Kier alpha value is -3.19. The normalized spacial score (nSPS) is 12.0. The van der Waals surface area contributed by atoms with E-state index in [0.29, 0.717) is 4.68 Å². The number of rotatable bonds is 5. The highest BCUT2D eigenvalue weighted by Gasteiger charge is 2.40. The monoisotopic (exact) mass is 437 g/mol. The Morgan fingerprint density at radius 3 is 2.10 bits per heavy atom. The van der Waals surface area contributed by atoms with Crippen LogP contribution >= 0.6 is 0 Å². The Balaban J connectivity index is 2.29. The Labute approximate surface area is 170 Å². The van der Waals surface area contributed by atoms with Crippen LogP contribution in [-0.4, -0.2) is 24.0 Å². The lowest BCUT2D eigenvalue weighted by atomic mass is 9.98. The van der Waals surface area contributed by atoms with Gasteiger partial charge < -0.3 is 0 Å². The molecule has 2 aromatic carbocycles. The van der Waals surface area contributed by atoms with Crippen molar-refractivity contribution in [1.29, 1.82) is 5.26 Å². The molecule has 156 valence electrons. The zero-order valence-corrected chi connectivity index (χ0v) is 16.4. The lowest BCUT2D eigenvalue weighted by molar-refractivity contribution is -0.143. The molecule has 30 heavy (non-hydrogen) atoms. The van der Waals surface area contributed by atoms with E-state index in [0.717, 1.165) is 12.1 Å². The van der Waals surface area contributed by atoms with Crippen LogP contribution in [0.3, 0.4) is 0 Å². The number of hydrogen-bond donors (Lipinski definition) is 0. The molecule has 0 radical (unpaired) electrons. The summed E-state index contributed by atoms with van der Waals surface area (Å²) in [5.74, 6) is -0.741. The molecule has 0 saturated carbocycles. The van der Waals surface area contributed by atoms with Gasteiger partial charge in [-0.05, 0) is 29.8 Å². The largest absolute Gasteiger partial charge is 0.433 e. The second kappa shape index (κ2) is 7.91. The van der Waals surface area contributed by atoms with Crippen LogP contribution in [0.15, 0.2) is 53.4 Å². The topological polar surface area (TPSA) is 75.8 Å². The molecule has 5 nitrogen and oxygen atoms in total. The third-order valence-corrected chi connectivity index (χ3v) is 6.19. The van der Waals surface area contributed by atoms with Crippen LogP contribution < -0.4 is 0 Å². The first-order chi connectivity index (χ1) is 14.1. The molecule has 10 heteroatoms. The number of halogens is 4. The summed E-state index contributed by atoms with van der Waals surface area (Å²) < 4.78 is 79.5. The summed E-state index contributed by atoms with van der Waals surface area (Å²) in [6, 6.07) is 11.4. The van der Waals surface area contributed by atoms with Gasteiger partial charge in [-0.1, -0.05) is 31.2 Å². The molecule has 0 aliphatic rings. The molecule has 0 spiro atoms. The summed E-state index contributed by atoms with van der Waals surface area (Å²) in [6.45, 7) is 0.834. The standard InChI is InChI=1S/C20H15F4N3O2S/c1-2-30(28,29)16-9-5-14(6-10-16)18-17(13-3-7-15(21)8-4-13)19(20(22,23)24)27(26-18)12-11-25/h3-10H,2,12H2,1H3. The van der Waals surface area contributed by atoms with E-state index < -0.39 is 34.1 Å². The molecular weight excluding hydrogens is 422 g/mol. The van der Waals surface area contributed by atoms with Gasteiger partial charge in [-0.15, -0.1) is 0 Å². The second-order valence-electron chi connectivity index (χ2n) is 6.32. The highest BCUT2D eigenvalue weighted by molar-refractivity contribution is 7.91. The highest BCUT2D eigenvalue weighted by atomic mass is 32.2. The van der Waals surface area contributed by atoms with Crippen LogP contribution in [0, 0.1) is 17.1 Å². The second-order valence-corrected chi connectivity index (χ2v) is 8.60. The third-order valence-electron chi connectivity index (χ3n) is 4.44. The van der Waals surface area contributed by atoms with Crippen molar-refractivity contribution in [3.8, 4) is 28.5 Å². The zero-order chi connectivity index (χ0) is 22.1. The minimum atomic E-state index is -4.84. The van der Waals surface area contributed by atoms with Crippen molar-refractivity contribution in [1.82, 2.24) is 9.78 Å². The molecule has 3 rings (SSSR count). The Kier molecular flexibility index (Phi) is 5.67. The maximum Gasteiger partial charge on any atom is 0.433 e. The number of nitriles is 1. The van der Waals surface area contributed by atoms with Gasteiger partial charge in [-0.25, -0.2) is 17.5 Å². The Bertz CT molecular complexity index is 1210. The molecule has 0 amide bonds. The number of alkyl halides is 3. The third kappa shape index (κ3) is 4.07. The summed E-state index contributed by atoms with van der Waals surface area (Å²) >= 11 is 0. The van der Waals surface area contributed by atoms with Crippen molar-refractivity contribution < 1.29 is 26.0 Å². The summed E-state index contributed by atoms with van der Waals surface area (Å²) in [5, 5.41) is 12.9. The van der Waals surface area contributed by atoms with Gasteiger partial charge >= 0.3 is 6.18 Å². The van der Waals surface area contributed by atoms with Gasteiger partial charge in [-0.2, -0.15) is 23.5 Å². The van der Waals surface area contributed by atoms with Crippen LogP contribution in [0.25, 0.3) is 22.4 Å². The molecule has 0 bridgehead atoms. The first-order valence-corrected chi connectivity index (χ1v) is 10.4. The molecule has 0 unspecified atom stereocenters. The highest BCUT2D eigenvalue weighted by Crippen LogP contribution is 2.42. The minimum absolute atomic E-state index is 0.0320. The van der Waals surface area contributed by atoms with Crippen LogP contribution in [0.2, 0.25) is 0 Å². The average Bonchev–Trinajstić information content (AvgIpc) is 3.08. The van der Waals surface area contributed by atoms with Crippen molar-refractivity contribution in [2.75, 3.05) is 5.75 Å². The zero-order valence-electron chi connectivity index (χ0n) is 15.6. The molecule has 0 aliphatic heterocycles. The molecule has 0 aliphatic carbocycles. The van der Waals surface area contributed by atoms with Gasteiger partial charge in [0.15, 0.2) is 15.5 Å². The van der Waals surface area contributed by atoms with Crippen LogP contribution in [0.1, 0.15) is 12.6 Å². The Morgan fingerprint density at radius 2 is 1.60 bits per heavy atom. The average molecular weight is 437 g/mol. The summed E-state index contributed by atoms with van der Waals surface area (Å²) in [5.41, 5.74) is -1.26. The number of aromatic nitrogens is 2. The fourth-order valence-corrected chi connectivity index (χ4v) is 3.89. The Morgan fingerprint density at radius 1 is 1.03 bits per heavy atom. The van der Waals surface area contributed by atoms with E-state index in [2.05, 4.69) is 5.10 Å². The number of sulfone groups is 1. The van der Waals surface area contributed by atoms with Crippen LogP contribution in [0.5, 0.6) is 0 Å². The van der Waals surface area contributed by atoms with Gasteiger partial charge in [0.25, 0.3) is 0 Å². The summed E-state index contributed by atoms with van der Waals surface area (Å²) in [6.07, 6.45) is -4.84. The number of hydrogen-bond acceptors (Lipinski definition) is 4. The first kappa shape index (κ1) is 21.5. The van der Waals surface area contributed by atoms with E-state index >= 15 is 0 Å². The fraction of sp³-hybridized carbons (Fsp3) is 0.200. The van der Waals surface area contributed by atoms with E-state index in [1.165, 1.54) is 43.3 Å². The molecular formula is C20H15F4N3O2S. The molecule has 0 N–H and O–H groups in total. The lowest BCUT2D eigenvalue weighted by Gasteiger charge is -2.12. The van der Waals surface area contributed by atoms with E-state index in [-0.39, 0.29) is 33.0 Å². The smallest absolute Gasteiger partial charge is 0.245 e. The van der Waals surface area contributed by atoms with E-state index in [1.54, 1.807) is 6.07 Å². The van der Waals surface area contributed by atoms with Gasteiger partial charge in [0.1, 0.15) is 18.1 Å². The van der Waals surface area contributed by atoms with E-state index in [1.807, 2.05) is 0 Å². The molecule has 1 aromatic heterocycles. The van der Waals surface area contributed by atoms with Gasteiger partial charge in [0.2, 0.25) is 0 Å². The predicted molar refractivity (Wildman–Crippen MR) is 101 cm³/mol. The van der Waals surface area contributed by atoms with Crippen molar-refractivity contribution in [2.45, 2.75) is 24.5 Å². The quantitative estimate of drug-likeness (QED) is 0.543. The summed E-state index contributed by atoms with van der Waals surface area (Å²) in [4.78, 5) is 0.0320. The fourth-order valence-electron chi connectivity index (χ4n) is 3.01. The van der Waals surface area contributed by atoms with Crippen molar-refractivity contribution in [3.05, 3.63) is 60.0 Å². The molecule has 1 heterocycles. The van der Waals surface area contributed by atoms with Crippen LogP contribution in [-0.2, 0) is 22.6 Å². The van der Waals surface area contributed by atoms with E-state index in [9.17, 15) is 26.0 Å². The summed E-state index contributed by atoms with van der Waals surface area (Å²) in [7, 11) is -3.49. The molecule has 0 saturated heterocycles. The SMILES string of the molecule is CCS(=O)(=O)c1ccc(-c2nn(CC#N)c(C(F)(F)F)c2-c2ccc(F)cc2)cc1. The maximum atomic E-state index is 13.9. The molecule has 0 atom stereocenters. The van der Waals surface area contributed by atoms with Gasteiger partial charge in [0.05, 0.1) is 16.7 Å². The first-order valence-electron chi connectivity index (χ1n) is 8.72. The van der Waals surface area contributed by atoms with Crippen molar-refractivity contribution in [3.63, 3.8) is 0 Å². The predicted octanol–water partition coefficient (Wildman–Crippen LogP) is 4.69. The lowest BCUT2D eigenvalue weighted by Crippen LogP contribution is -2.15. The molecule has 3 aromatic rings. The van der Waals surface area contributed by atoms with Gasteiger partial charge in [0, 0.05) is 11.1 Å². The van der Waals surface area contributed by atoms with Crippen molar-refractivity contribution in [2.24, 2.45) is 0 Å². The molecule has 0 fully saturated rings.